The highest BCUT2D eigenvalue weighted by atomic mass is 16.3. The van der Waals surface area contributed by atoms with Gasteiger partial charge in [-0.3, -0.25) is 9.59 Å². The Balaban J connectivity index is 1.77. The van der Waals surface area contributed by atoms with Crippen LogP contribution in [0.3, 0.4) is 0 Å². The molecule has 0 unspecified atom stereocenters. The van der Waals surface area contributed by atoms with Gasteiger partial charge in [0.05, 0.1) is 17.5 Å². The van der Waals surface area contributed by atoms with Crippen LogP contribution in [0, 0.1) is 23.7 Å². The third-order valence-corrected chi connectivity index (χ3v) is 4.56. The third-order valence-electron chi connectivity index (χ3n) is 4.56. The van der Waals surface area contributed by atoms with E-state index in [1.165, 1.54) is 17.0 Å². The number of fused-ring (bicyclic) bond motifs is 5. The molecule has 1 heterocycles. The minimum Gasteiger partial charge on any atom is -0.508 e. The summed E-state index contributed by atoms with van der Waals surface area (Å²) in [5.41, 5.74) is 0.476. The van der Waals surface area contributed by atoms with Crippen molar-refractivity contribution >= 4 is 17.5 Å². The number of nitrogens with zero attached hydrogens (tertiary/aromatic N) is 1. The number of carbonyl (C=O) groups excluding carboxylic acids is 2. The zero-order valence-corrected chi connectivity index (χ0v) is 10.2. The van der Waals surface area contributed by atoms with Gasteiger partial charge in [0.15, 0.2) is 0 Å². The summed E-state index contributed by atoms with van der Waals surface area (Å²) < 4.78 is 0. The van der Waals surface area contributed by atoms with Crippen molar-refractivity contribution < 1.29 is 14.7 Å². The molecular formula is C15H13NO3. The Labute approximate surface area is 110 Å². The highest BCUT2D eigenvalue weighted by Gasteiger charge is 2.59. The number of rotatable bonds is 1. The highest BCUT2D eigenvalue weighted by Crippen LogP contribution is 2.53. The topological polar surface area (TPSA) is 57.6 Å². The van der Waals surface area contributed by atoms with Gasteiger partial charge in [-0.2, -0.15) is 0 Å². The van der Waals surface area contributed by atoms with Crippen LogP contribution in [0.15, 0.2) is 36.4 Å². The second kappa shape index (κ2) is 3.47. The van der Waals surface area contributed by atoms with E-state index in [0.717, 1.165) is 6.42 Å². The van der Waals surface area contributed by atoms with Crippen molar-refractivity contribution in [2.24, 2.45) is 23.7 Å². The largest absolute Gasteiger partial charge is 0.508 e. The quantitative estimate of drug-likeness (QED) is 0.614. The van der Waals surface area contributed by atoms with E-state index in [4.69, 9.17) is 0 Å². The summed E-state index contributed by atoms with van der Waals surface area (Å²) in [5.74, 6) is -0.108. The van der Waals surface area contributed by atoms with Gasteiger partial charge in [-0.1, -0.05) is 18.2 Å². The Morgan fingerprint density at radius 3 is 2.26 bits per heavy atom. The van der Waals surface area contributed by atoms with Crippen molar-refractivity contribution in [2.75, 3.05) is 4.90 Å². The van der Waals surface area contributed by atoms with E-state index >= 15 is 0 Å². The summed E-state index contributed by atoms with van der Waals surface area (Å²) in [7, 11) is 0. The molecule has 1 N–H and O–H groups in total. The van der Waals surface area contributed by atoms with Gasteiger partial charge in [-0.15, -0.1) is 0 Å². The summed E-state index contributed by atoms with van der Waals surface area (Å²) in [5, 5.41) is 9.50. The van der Waals surface area contributed by atoms with Gasteiger partial charge in [-0.25, -0.2) is 4.90 Å². The fraction of sp³-hybridized carbons (Fsp3) is 0.333. The summed E-state index contributed by atoms with van der Waals surface area (Å²) in [4.78, 5) is 26.2. The Morgan fingerprint density at radius 1 is 1.05 bits per heavy atom. The number of amides is 2. The number of carbonyl (C=O) groups is 2. The van der Waals surface area contributed by atoms with Gasteiger partial charge in [-0.05, 0) is 30.4 Å². The van der Waals surface area contributed by atoms with Crippen molar-refractivity contribution in [1.82, 2.24) is 0 Å². The van der Waals surface area contributed by atoms with Crippen LogP contribution >= 0.6 is 0 Å². The van der Waals surface area contributed by atoms with Gasteiger partial charge >= 0.3 is 0 Å². The first-order valence-electron chi connectivity index (χ1n) is 6.52. The maximum atomic E-state index is 12.5. The van der Waals surface area contributed by atoms with E-state index in [0.29, 0.717) is 5.69 Å². The van der Waals surface area contributed by atoms with Gasteiger partial charge in [0.25, 0.3) is 0 Å². The Hall–Kier alpha value is -2.10. The maximum Gasteiger partial charge on any atom is 0.238 e. The molecular weight excluding hydrogens is 242 g/mol. The summed E-state index contributed by atoms with van der Waals surface area (Å²) in [6.07, 6.45) is 5.08. The number of hydrogen-bond donors (Lipinski definition) is 1. The SMILES string of the molecule is O=C1[C@H]2[C@H](C(=O)N1c1cccc(O)c1)[C@H]1C=C[C@H]2C1. The number of benzene rings is 1. The molecule has 96 valence electrons. The van der Waals surface area contributed by atoms with Crippen LogP contribution in [0.4, 0.5) is 5.69 Å². The number of aromatic hydroxyl groups is 1. The molecule has 2 fully saturated rings. The fourth-order valence-corrected chi connectivity index (χ4v) is 3.79. The lowest BCUT2D eigenvalue weighted by molar-refractivity contribution is -0.123. The molecule has 3 aliphatic rings. The van der Waals surface area contributed by atoms with Crippen molar-refractivity contribution in [1.29, 1.82) is 0 Å². The summed E-state index contributed by atoms with van der Waals surface area (Å²) in [6, 6.07) is 6.32. The number of phenols is 1. The van der Waals surface area contributed by atoms with Crippen molar-refractivity contribution in [3.63, 3.8) is 0 Å². The van der Waals surface area contributed by atoms with Gasteiger partial charge in [0.2, 0.25) is 11.8 Å². The van der Waals surface area contributed by atoms with Crippen LogP contribution in [0.25, 0.3) is 0 Å². The molecule has 1 saturated heterocycles. The number of anilines is 1. The number of phenolic OH excluding ortho intramolecular Hbond substituents is 1. The molecule has 2 bridgehead atoms. The first kappa shape index (κ1) is 10.8. The fourth-order valence-electron chi connectivity index (χ4n) is 3.79. The van der Waals surface area contributed by atoms with E-state index in [1.54, 1.807) is 12.1 Å². The molecule has 1 aliphatic heterocycles. The van der Waals surface area contributed by atoms with Gasteiger partial charge in [0.1, 0.15) is 5.75 Å². The third kappa shape index (κ3) is 1.28. The average Bonchev–Trinajstić information content (AvgIpc) is 3.04. The average molecular weight is 255 g/mol. The smallest absolute Gasteiger partial charge is 0.238 e. The van der Waals surface area contributed by atoms with E-state index in [1.807, 2.05) is 0 Å². The normalized spacial score (nSPS) is 35.3. The Kier molecular flexibility index (Phi) is 1.97. The van der Waals surface area contributed by atoms with Gasteiger partial charge in [0, 0.05) is 6.07 Å². The van der Waals surface area contributed by atoms with Gasteiger partial charge < -0.3 is 5.11 Å². The minimum absolute atomic E-state index is 0.0660. The summed E-state index contributed by atoms with van der Waals surface area (Å²) in [6.45, 7) is 0. The van der Waals surface area contributed by atoms with Crippen LogP contribution < -0.4 is 4.90 Å². The van der Waals surface area contributed by atoms with Crippen molar-refractivity contribution in [3.8, 4) is 5.75 Å². The van der Waals surface area contributed by atoms with E-state index < -0.39 is 0 Å². The van der Waals surface area contributed by atoms with Crippen LogP contribution in [-0.2, 0) is 9.59 Å². The van der Waals surface area contributed by atoms with Crippen LogP contribution in [0.5, 0.6) is 5.75 Å². The molecule has 1 aromatic rings. The van der Waals surface area contributed by atoms with Crippen LogP contribution in [-0.4, -0.2) is 16.9 Å². The standard InChI is InChI=1S/C15H13NO3/c17-11-3-1-2-10(7-11)16-14(18)12-8-4-5-9(6-8)13(12)15(16)19/h1-5,7-9,12-13,17H,6H2/t8-,9-,12+,13+/m0/s1. The molecule has 1 saturated carbocycles. The lowest BCUT2D eigenvalue weighted by atomic mass is 9.85. The van der Waals surface area contributed by atoms with E-state index in [9.17, 15) is 14.7 Å². The zero-order chi connectivity index (χ0) is 13.1. The summed E-state index contributed by atoms with van der Waals surface area (Å²) >= 11 is 0. The first-order chi connectivity index (χ1) is 9.16. The molecule has 0 radical (unpaired) electrons. The monoisotopic (exact) mass is 255 g/mol. The Bertz CT molecular complexity index is 592. The minimum atomic E-state index is -0.190. The highest BCUT2D eigenvalue weighted by molar-refractivity contribution is 6.22. The molecule has 2 amide bonds. The molecule has 0 aromatic heterocycles. The molecule has 1 aromatic carbocycles. The lowest BCUT2D eigenvalue weighted by Gasteiger charge is -2.17. The number of allylic oxidation sites excluding steroid dienone is 2. The van der Waals surface area contributed by atoms with Crippen LogP contribution in [0.2, 0.25) is 0 Å². The maximum absolute atomic E-state index is 12.5. The van der Waals surface area contributed by atoms with E-state index in [2.05, 4.69) is 12.2 Å². The molecule has 4 atom stereocenters. The lowest BCUT2D eigenvalue weighted by Crippen LogP contribution is -2.32. The predicted octanol–water partition coefficient (Wildman–Crippen LogP) is 1.70. The predicted molar refractivity (Wildman–Crippen MR) is 68.3 cm³/mol. The molecule has 0 spiro atoms. The van der Waals surface area contributed by atoms with Crippen LogP contribution in [0.1, 0.15) is 6.42 Å². The second-order valence-electron chi connectivity index (χ2n) is 5.53. The molecule has 4 rings (SSSR count). The Morgan fingerprint density at radius 2 is 1.68 bits per heavy atom. The van der Waals surface area contributed by atoms with E-state index in [-0.39, 0.29) is 41.2 Å². The molecule has 2 aliphatic carbocycles. The number of imide groups is 1. The van der Waals surface area contributed by atoms with Crippen molar-refractivity contribution in [3.05, 3.63) is 36.4 Å². The molecule has 19 heavy (non-hydrogen) atoms. The second-order valence-corrected chi connectivity index (χ2v) is 5.53. The molecule has 4 nitrogen and oxygen atoms in total. The number of hydrogen-bond acceptors (Lipinski definition) is 3. The first-order valence-corrected chi connectivity index (χ1v) is 6.52. The van der Waals surface area contributed by atoms with Crippen molar-refractivity contribution in [2.45, 2.75) is 6.42 Å². The molecule has 4 heteroatoms. The zero-order valence-electron chi connectivity index (χ0n) is 10.2.